The summed E-state index contributed by atoms with van der Waals surface area (Å²) >= 11 is 0. The van der Waals surface area contributed by atoms with Crippen molar-refractivity contribution >= 4 is 5.82 Å². The van der Waals surface area contributed by atoms with Crippen molar-refractivity contribution in [3.63, 3.8) is 0 Å². The molecule has 1 aromatic heterocycles. The van der Waals surface area contributed by atoms with Crippen molar-refractivity contribution in [2.75, 3.05) is 11.4 Å². The van der Waals surface area contributed by atoms with Crippen LogP contribution in [-0.4, -0.2) is 23.7 Å². The van der Waals surface area contributed by atoms with Crippen LogP contribution in [0.1, 0.15) is 31.4 Å². The fourth-order valence-electron chi connectivity index (χ4n) is 1.81. The lowest BCUT2D eigenvalue weighted by atomic mass is 10.1. The highest BCUT2D eigenvalue weighted by Gasteiger charge is 2.38. The Morgan fingerprint density at radius 1 is 1.44 bits per heavy atom. The second-order valence-corrected chi connectivity index (χ2v) is 4.71. The predicted octanol–water partition coefficient (Wildman–Crippen LogP) is 2.63. The van der Waals surface area contributed by atoms with Crippen LogP contribution in [-0.2, 0) is 0 Å². The molecule has 0 radical (unpaired) electrons. The zero-order valence-electron chi connectivity index (χ0n) is 10.1. The number of pyridine rings is 1. The van der Waals surface area contributed by atoms with Crippen molar-refractivity contribution in [2.24, 2.45) is 5.73 Å². The maximum atomic E-state index is 12.5. The van der Waals surface area contributed by atoms with Gasteiger partial charge in [0.1, 0.15) is 12.4 Å². The Morgan fingerprint density at radius 2 is 2.11 bits per heavy atom. The van der Waals surface area contributed by atoms with Crippen LogP contribution in [0.3, 0.4) is 0 Å². The average molecular weight is 259 g/mol. The first-order valence-electron chi connectivity index (χ1n) is 5.92. The lowest BCUT2D eigenvalue weighted by Crippen LogP contribution is -2.36. The van der Waals surface area contributed by atoms with E-state index in [1.165, 1.54) is 4.90 Å². The molecule has 0 aliphatic heterocycles. The summed E-state index contributed by atoms with van der Waals surface area (Å²) in [5, 5.41) is 0. The van der Waals surface area contributed by atoms with Crippen LogP contribution in [0.2, 0.25) is 0 Å². The van der Waals surface area contributed by atoms with E-state index in [1.807, 2.05) is 6.92 Å². The van der Waals surface area contributed by atoms with Crippen molar-refractivity contribution in [1.29, 1.82) is 0 Å². The number of alkyl halides is 3. The lowest BCUT2D eigenvalue weighted by molar-refractivity contribution is -0.120. The molecule has 1 aliphatic rings. The number of hydrogen-bond donors (Lipinski definition) is 1. The summed E-state index contributed by atoms with van der Waals surface area (Å²) in [6, 6.07) is 3.16. The van der Waals surface area contributed by atoms with Crippen LogP contribution in [0.15, 0.2) is 18.3 Å². The summed E-state index contributed by atoms with van der Waals surface area (Å²) < 4.78 is 37.5. The molecular formula is C12H16F3N3. The minimum absolute atomic E-state index is 0.0275. The van der Waals surface area contributed by atoms with E-state index in [9.17, 15) is 13.2 Å². The molecule has 2 N–H and O–H groups in total. The zero-order chi connectivity index (χ0) is 13.3. The van der Waals surface area contributed by atoms with E-state index in [0.717, 1.165) is 18.4 Å². The van der Waals surface area contributed by atoms with Crippen LogP contribution in [0.25, 0.3) is 0 Å². The molecule has 1 heterocycles. The third-order valence-corrected chi connectivity index (χ3v) is 2.93. The van der Waals surface area contributed by atoms with Gasteiger partial charge in [0.05, 0.1) is 0 Å². The Hall–Kier alpha value is -1.30. The highest BCUT2D eigenvalue weighted by molar-refractivity contribution is 5.42. The van der Waals surface area contributed by atoms with E-state index in [2.05, 4.69) is 4.98 Å². The van der Waals surface area contributed by atoms with Gasteiger partial charge in [0.25, 0.3) is 0 Å². The quantitative estimate of drug-likeness (QED) is 0.903. The van der Waals surface area contributed by atoms with Gasteiger partial charge in [-0.15, -0.1) is 0 Å². The van der Waals surface area contributed by atoms with Crippen LogP contribution in [0, 0.1) is 0 Å². The molecule has 3 nitrogen and oxygen atoms in total. The van der Waals surface area contributed by atoms with Gasteiger partial charge < -0.3 is 10.6 Å². The maximum Gasteiger partial charge on any atom is 0.405 e. The fraction of sp³-hybridized carbons (Fsp3) is 0.583. The van der Waals surface area contributed by atoms with E-state index < -0.39 is 12.7 Å². The topological polar surface area (TPSA) is 42.1 Å². The summed E-state index contributed by atoms with van der Waals surface area (Å²) in [5.74, 6) is 0.374. The number of rotatable bonds is 4. The van der Waals surface area contributed by atoms with Gasteiger partial charge in [0, 0.05) is 18.3 Å². The first kappa shape index (κ1) is 13.1. The van der Waals surface area contributed by atoms with Crippen LogP contribution < -0.4 is 10.6 Å². The van der Waals surface area contributed by atoms with Gasteiger partial charge in [-0.25, -0.2) is 4.98 Å². The first-order chi connectivity index (χ1) is 8.37. The number of anilines is 1. The van der Waals surface area contributed by atoms with Crippen LogP contribution in [0.4, 0.5) is 19.0 Å². The third-order valence-electron chi connectivity index (χ3n) is 2.93. The predicted molar refractivity (Wildman–Crippen MR) is 63.3 cm³/mol. The summed E-state index contributed by atoms with van der Waals surface area (Å²) in [6.07, 6.45) is -1.06. The molecule has 0 unspecified atom stereocenters. The fourth-order valence-corrected chi connectivity index (χ4v) is 1.81. The normalized spacial score (nSPS) is 17.6. The van der Waals surface area contributed by atoms with E-state index in [1.54, 1.807) is 18.3 Å². The SMILES string of the molecule is C[C@H](N)c1ccc(N(CC(F)(F)F)C2CC2)nc1. The number of aromatic nitrogens is 1. The maximum absolute atomic E-state index is 12.5. The Labute approximate surface area is 104 Å². The molecule has 0 amide bonds. The highest BCUT2D eigenvalue weighted by Crippen LogP contribution is 2.33. The van der Waals surface area contributed by atoms with Crippen LogP contribution in [0.5, 0.6) is 0 Å². The van der Waals surface area contributed by atoms with E-state index >= 15 is 0 Å². The Morgan fingerprint density at radius 3 is 2.50 bits per heavy atom. The van der Waals surface area contributed by atoms with Crippen LogP contribution >= 0.6 is 0 Å². The highest BCUT2D eigenvalue weighted by atomic mass is 19.4. The molecule has 0 aromatic carbocycles. The van der Waals surface area contributed by atoms with Gasteiger partial charge >= 0.3 is 6.18 Å². The summed E-state index contributed by atoms with van der Waals surface area (Å²) in [4.78, 5) is 5.42. The smallest absolute Gasteiger partial charge is 0.345 e. The second kappa shape index (κ2) is 4.76. The van der Waals surface area contributed by atoms with E-state index in [4.69, 9.17) is 5.73 Å². The van der Waals surface area contributed by atoms with Crippen molar-refractivity contribution in [1.82, 2.24) is 4.98 Å². The van der Waals surface area contributed by atoms with Crippen molar-refractivity contribution in [3.8, 4) is 0 Å². The molecule has 0 spiro atoms. The summed E-state index contributed by atoms with van der Waals surface area (Å²) in [7, 11) is 0. The Kier molecular flexibility index (Phi) is 3.47. The molecule has 1 aromatic rings. The molecule has 100 valence electrons. The Bertz CT molecular complexity index is 396. The number of nitrogens with two attached hydrogens (primary N) is 1. The van der Waals surface area contributed by atoms with Gasteiger partial charge in [-0.2, -0.15) is 13.2 Å². The average Bonchev–Trinajstić information content (AvgIpc) is 3.08. The van der Waals surface area contributed by atoms with Crippen molar-refractivity contribution in [2.45, 2.75) is 38.0 Å². The summed E-state index contributed by atoms with van der Waals surface area (Å²) in [5.41, 5.74) is 6.50. The van der Waals surface area contributed by atoms with Gasteiger partial charge in [0.15, 0.2) is 0 Å². The molecular weight excluding hydrogens is 243 g/mol. The standard InChI is InChI=1S/C12H16F3N3/c1-8(16)9-2-5-11(17-6-9)18(10-3-4-10)7-12(13,14)15/h2,5-6,8,10H,3-4,7,16H2,1H3/t8-/m0/s1. The molecule has 1 aliphatic carbocycles. The molecule has 6 heteroatoms. The second-order valence-electron chi connectivity index (χ2n) is 4.71. The minimum atomic E-state index is -4.20. The largest absolute Gasteiger partial charge is 0.405 e. The van der Waals surface area contributed by atoms with Crippen molar-refractivity contribution in [3.05, 3.63) is 23.9 Å². The molecule has 2 rings (SSSR count). The zero-order valence-corrected chi connectivity index (χ0v) is 10.1. The molecule has 0 saturated heterocycles. The molecule has 1 atom stereocenters. The lowest BCUT2D eigenvalue weighted by Gasteiger charge is -2.25. The third kappa shape index (κ3) is 3.35. The Balaban J connectivity index is 2.15. The minimum Gasteiger partial charge on any atom is -0.345 e. The first-order valence-corrected chi connectivity index (χ1v) is 5.92. The number of hydrogen-bond acceptors (Lipinski definition) is 3. The van der Waals surface area contributed by atoms with Gasteiger partial charge in [-0.05, 0) is 31.4 Å². The van der Waals surface area contributed by atoms with Gasteiger partial charge in [0.2, 0.25) is 0 Å². The molecule has 1 fully saturated rings. The number of nitrogens with zero attached hydrogens (tertiary/aromatic N) is 2. The van der Waals surface area contributed by atoms with Gasteiger partial charge in [-0.3, -0.25) is 0 Å². The number of halogens is 3. The molecule has 1 saturated carbocycles. The molecule has 0 bridgehead atoms. The monoisotopic (exact) mass is 259 g/mol. The summed E-state index contributed by atoms with van der Waals surface area (Å²) in [6.45, 7) is 0.868. The van der Waals surface area contributed by atoms with Gasteiger partial charge in [-0.1, -0.05) is 6.07 Å². The van der Waals surface area contributed by atoms with E-state index in [0.29, 0.717) is 5.82 Å². The van der Waals surface area contributed by atoms with E-state index in [-0.39, 0.29) is 12.1 Å². The molecule has 18 heavy (non-hydrogen) atoms. The van der Waals surface area contributed by atoms with Crippen molar-refractivity contribution < 1.29 is 13.2 Å².